The first kappa shape index (κ1) is 23.5. The third kappa shape index (κ3) is 5.55. The van der Waals surface area contributed by atoms with Crippen LogP contribution in [0.1, 0.15) is 50.1 Å². The number of hydrogen-bond acceptors (Lipinski definition) is 7. The summed E-state index contributed by atoms with van der Waals surface area (Å²) in [5.74, 6) is -0.778. The lowest BCUT2D eigenvalue weighted by Gasteiger charge is -2.34. The summed E-state index contributed by atoms with van der Waals surface area (Å²) in [6.07, 6.45) is 6.38. The van der Waals surface area contributed by atoms with E-state index in [9.17, 15) is 18.0 Å². The van der Waals surface area contributed by atoms with Crippen LogP contribution in [0, 0.1) is 0 Å². The van der Waals surface area contributed by atoms with Crippen LogP contribution < -0.4 is 0 Å². The zero-order valence-electron chi connectivity index (χ0n) is 18.2. The van der Waals surface area contributed by atoms with E-state index >= 15 is 0 Å². The highest BCUT2D eigenvalue weighted by molar-refractivity contribution is 7.89. The minimum Gasteiger partial charge on any atom is -0.460 e. The normalized spacial score (nSPS) is 18.5. The van der Waals surface area contributed by atoms with Gasteiger partial charge in [0.1, 0.15) is 0 Å². The van der Waals surface area contributed by atoms with E-state index in [-0.39, 0.29) is 43.0 Å². The fourth-order valence-corrected chi connectivity index (χ4v) is 5.24. The summed E-state index contributed by atoms with van der Waals surface area (Å²) < 4.78 is 37.1. The molecule has 1 aliphatic carbocycles. The van der Waals surface area contributed by atoms with E-state index in [1.54, 1.807) is 6.92 Å². The number of likely N-dealkylation sites (N-methyl/N-ethyl adjacent to an activating group) is 1. The van der Waals surface area contributed by atoms with Gasteiger partial charge >= 0.3 is 5.97 Å². The van der Waals surface area contributed by atoms with Crippen LogP contribution in [0.5, 0.6) is 0 Å². The summed E-state index contributed by atoms with van der Waals surface area (Å²) in [4.78, 5) is 28.4. The standard InChI is InChI=1S/C21H31N3O6S/c1-3-24(17-8-6-5-7-9-17)19(25)16-22-12-14-23(15-13-22)31(27,28)20-11-10-18(30-20)21(26)29-4-2/h8,10-11H,3-7,9,12-16H2,1-2H3. The Morgan fingerprint density at radius 2 is 1.87 bits per heavy atom. The fourth-order valence-electron chi connectivity index (χ4n) is 3.91. The highest BCUT2D eigenvalue weighted by Gasteiger charge is 2.32. The summed E-state index contributed by atoms with van der Waals surface area (Å²) >= 11 is 0. The number of sulfonamides is 1. The predicted molar refractivity (Wildman–Crippen MR) is 114 cm³/mol. The van der Waals surface area contributed by atoms with Crippen LogP contribution in [-0.2, 0) is 19.6 Å². The molecule has 0 bridgehead atoms. The first-order chi connectivity index (χ1) is 14.9. The highest BCUT2D eigenvalue weighted by Crippen LogP contribution is 2.23. The third-order valence-electron chi connectivity index (χ3n) is 5.57. The quantitative estimate of drug-likeness (QED) is 0.556. The zero-order valence-corrected chi connectivity index (χ0v) is 19.0. The molecule has 9 nitrogen and oxygen atoms in total. The number of carbonyl (C=O) groups is 2. The molecule has 0 atom stereocenters. The van der Waals surface area contributed by atoms with Gasteiger partial charge in [-0.25, -0.2) is 13.2 Å². The summed E-state index contributed by atoms with van der Waals surface area (Å²) in [5, 5.41) is -0.276. The lowest BCUT2D eigenvalue weighted by atomic mass is 10.0. The molecule has 1 saturated heterocycles. The molecule has 0 aromatic carbocycles. The molecule has 1 aromatic heterocycles. The number of ether oxygens (including phenoxy) is 1. The van der Waals surface area contributed by atoms with Crippen molar-refractivity contribution in [2.45, 2.75) is 44.6 Å². The number of piperazine rings is 1. The molecule has 1 aromatic rings. The van der Waals surface area contributed by atoms with Crippen LogP contribution in [0.2, 0.25) is 0 Å². The molecule has 2 heterocycles. The smallest absolute Gasteiger partial charge is 0.374 e. The van der Waals surface area contributed by atoms with Crippen molar-refractivity contribution in [2.75, 3.05) is 45.9 Å². The first-order valence-electron chi connectivity index (χ1n) is 10.9. The lowest BCUT2D eigenvalue weighted by Crippen LogP contribution is -2.51. The molecule has 0 spiro atoms. The molecule has 0 N–H and O–H groups in total. The van der Waals surface area contributed by atoms with E-state index in [4.69, 9.17) is 9.15 Å². The average molecular weight is 454 g/mol. The number of allylic oxidation sites excluding steroid dienone is 2. The van der Waals surface area contributed by atoms with Gasteiger partial charge in [0, 0.05) is 38.4 Å². The zero-order chi connectivity index (χ0) is 22.4. The number of carbonyl (C=O) groups excluding carboxylic acids is 2. The van der Waals surface area contributed by atoms with Crippen LogP contribution in [0.3, 0.4) is 0 Å². The molecule has 0 unspecified atom stereocenters. The van der Waals surface area contributed by atoms with Crippen LogP contribution >= 0.6 is 0 Å². The Hall–Kier alpha value is -2.17. The van der Waals surface area contributed by atoms with E-state index in [1.165, 1.54) is 22.9 Å². The molecular formula is C21H31N3O6S. The van der Waals surface area contributed by atoms with Gasteiger partial charge in [0.25, 0.3) is 10.0 Å². The van der Waals surface area contributed by atoms with Crippen molar-refractivity contribution in [3.8, 4) is 0 Å². The number of nitrogens with zero attached hydrogens (tertiary/aromatic N) is 3. The summed E-state index contributed by atoms with van der Waals surface area (Å²) in [6, 6.07) is 2.58. The second kappa shape index (κ2) is 10.4. The van der Waals surface area contributed by atoms with Crippen LogP contribution in [-0.4, -0.2) is 80.3 Å². The van der Waals surface area contributed by atoms with E-state index in [1.807, 2.05) is 16.7 Å². The topological polar surface area (TPSA) is 100 Å². The maximum atomic E-state index is 12.8. The maximum absolute atomic E-state index is 12.8. The van der Waals surface area contributed by atoms with Crippen LogP contribution in [0.15, 0.2) is 33.4 Å². The number of esters is 1. The second-order valence-corrected chi connectivity index (χ2v) is 9.47. The molecular weight excluding hydrogens is 422 g/mol. The fraction of sp³-hybridized carbons (Fsp3) is 0.619. The molecule has 2 aliphatic rings. The van der Waals surface area contributed by atoms with Gasteiger partial charge in [0.15, 0.2) is 0 Å². The molecule has 1 amide bonds. The van der Waals surface area contributed by atoms with Gasteiger partial charge in [-0.15, -0.1) is 0 Å². The van der Waals surface area contributed by atoms with E-state index in [0.29, 0.717) is 19.6 Å². The number of amides is 1. The van der Waals surface area contributed by atoms with Gasteiger partial charge in [-0.1, -0.05) is 6.08 Å². The minimum atomic E-state index is -3.85. The van der Waals surface area contributed by atoms with Gasteiger partial charge in [-0.05, 0) is 51.7 Å². The number of furan rings is 1. The summed E-state index contributed by atoms with van der Waals surface area (Å²) in [6.45, 7) is 6.13. The predicted octanol–water partition coefficient (Wildman–Crippen LogP) is 2.07. The third-order valence-corrected chi connectivity index (χ3v) is 7.35. The van der Waals surface area contributed by atoms with Crippen molar-refractivity contribution in [3.05, 3.63) is 29.7 Å². The van der Waals surface area contributed by atoms with Crippen molar-refractivity contribution in [1.29, 1.82) is 0 Å². The highest BCUT2D eigenvalue weighted by atomic mass is 32.2. The SMILES string of the molecule is CCOC(=O)c1ccc(S(=O)(=O)N2CCN(CC(=O)N(CC)C3=CCCCC3)CC2)o1. The van der Waals surface area contributed by atoms with Gasteiger partial charge in [0.2, 0.25) is 16.8 Å². The van der Waals surface area contributed by atoms with Gasteiger partial charge in [-0.3, -0.25) is 9.69 Å². The van der Waals surface area contributed by atoms with E-state index in [2.05, 4.69) is 6.08 Å². The Morgan fingerprint density at radius 1 is 1.13 bits per heavy atom. The molecule has 0 saturated carbocycles. The van der Waals surface area contributed by atoms with Crippen molar-refractivity contribution >= 4 is 21.9 Å². The van der Waals surface area contributed by atoms with E-state index in [0.717, 1.165) is 25.0 Å². The maximum Gasteiger partial charge on any atom is 0.374 e. The Labute approximate surface area is 183 Å². The van der Waals surface area contributed by atoms with Crippen LogP contribution in [0.25, 0.3) is 0 Å². The Bertz CT molecular complexity index is 915. The molecule has 0 radical (unpaired) electrons. The minimum absolute atomic E-state index is 0.0528. The molecule has 1 fully saturated rings. The van der Waals surface area contributed by atoms with Gasteiger partial charge in [0.05, 0.1) is 13.2 Å². The van der Waals surface area contributed by atoms with E-state index < -0.39 is 16.0 Å². The molecule has 10 heteroatoms. The summed E-state index contributed by atoms with van der Waals surface area (Å²) in [5.41, 5.74) is 1.11. The van der Waals surface area contributed by atoms with Crippen LogP contribution in [0.4, 0.5) is 0 Å². The Balaban J connectivity index is 1.56. The van der Waals surface area contributed by atoms with Crippen molar-refractivity contribution in [2.24, 2.45) is 0 Å². The second-order valence-electron chi connectivity index (χ2n) is 7.60. The van der Waals surface area contributed by atoms with Crippen molar-refractivity contribution in [3.63, 3.8) is 0 Å². The Kier molecular flexibility index (Phi) is 7.90. The monoisotopic (exact) mass is 453 g/mol. The molecule has 31 heavy (non-hydrogen) atoms. The largest absolute Gasteiger partial charge is 0.460 e. The molecule has 1 aliphatic heterocycles. The number of rotatable bonds is 8. The summed E-state index contributed by atoms with van der Waals surface area (Å²) in [7, 11) is -3.85. The van der Waals surface area contributed by atoms with Crippen molar-refractivity contribution < 1.29 is 27.2 Å². The molecule has 3 rings (SSSR count). The molecule has 172 valence electrons. The average Bonchev–Trinajstić information content (AvgIpc) is 3.27. The first-order valence-corrected chi connectivity index (χ1v) is 12.3. The van der Waals surface area contributed by atoms with Gasteiger partial charge in [-0.2, -0.15) is 4.31 Å². The van der Waals surface area contributed by atoms with Crippen molar-refractivity contribution in [1.82, 2.24) is 14.1 Å². The number of hydrogen-bond donors (Lipinski definition) is 0. The lowest BCUT2D eigenvalue weighted by molar-refractivity contribution is -0.130. The Morgan fingerprint density at radius 3 is 2.48 bits per heavy atom. The van der Waals surface area contributed by atoms with Gasteiger partial charge < -0.3 is 14.1 Å².